The summed E-state index contributed by atoms with van der Waals surface area (Å²) in [6.07, 6.45) is 1.55. The van der Waals surface area contributed by atoms with E-state index in [4.69, 9.17) is 0 Å². The molecular formula is C16H15N3O3S2. The summed E-state index contributed by atoms with van der Waals surface area (Å²) in [7, 11) is -2.26. The minimum Gasteiger partial charge on any atom is -0.324 e. The monoisotopic (exact) mass is 361 g/mol. The molecule has 1 aromatic carbocycles. The van der Waals surface area contributed by atoms with Crippen molar-refractivity contribution < 1.29 is 13.2 Å². The molecule has 0 saturated carbocycles. The fourth-order valence-electron chi connectivity index (χ4n) is 2.19. The molecule has 6 nitrogen and oxygen atoms in total. The number of para-hydroxylation sites is 1. The maximum Gasteiger partial charge on any atom is 0.252 e. The Bertz CT molecular complexity index is 969. The molecule has 2 aromatic heterocycles. The number of carbonyl (C=O) groups is 1. The Balaban J connectivity index is 1.70. The van der Waals surface area contributed by atoms with Crippen LogP contribution in [0, 0.1) is 0 Å². The molecule has 2 heterocycles. The van der Waals surface area contributed by atoms with Crippen LogP contribution in [0.1, 0.15) is 0 Å². The van der Waals surface area contributed by atoms with Crippen molar-refractivity contribution in [3.05, 3.63) is 54.0 Å². The van der Waals surface area contributed by atoms with Crippen LogP contribution in [-0.4, -0.2) is 37.2 Å². The number of benzene rings is 1. The van der Waals surface area contributed by atoms with Crippen LogP contribution < -0.4 is 5.32 Å². The van der Waals surface area contributed by atoms with Crippen molar-refractivity contribution in [2.45, 2.75) is 4.21 Å². The molecule has 0 aliphatic carbocycles. The zero-order valence-corrected chi connectivity index (χ0v) is 14.5. The van der Waals surface area contributed by atoms with Crippen LogP contribution in [0.25, 0.3) is 10.9 Å². The minimum absolute atomic E-state index is 0.213. The number of hydrogen-bond acceptors (Lipinski definition) is 5. The van der Waals surface area contributed by atoms with Crippen molar-refractivity contribution in [3.8, 4) is 0 Å². The third-order valence-electron chi connectivity index (χ3n) is 3.40. The Labute approximate surface area is 143 Å². The van der Waals surface area contributed by atoms with E-state index in [-0.39, 0.29) is 10.8 Å². The number of fused-ring (bicyclic) bond motifs is 1. The summed E-state index contributed by atoms with van der Waals surface area (Å²) >= 11 is 1.12. The third kappa shape index (κ3) is 3.45. The predicted molar refractivity (Wildman–Crippen MR) is 94.5 cm³/mol. The van der Waals surface area contributed by atoms with E-state index in [2.05, 4.69) is 10.3 Å². The number of sulfonamides is 1. The fourth-order valence-corrected chi connectivity index (χ4v) is 4.52. The van der Waals surface area contributed by atoms with Gasteiger partial charge in [0.2, 0.25) is 5.91 Å². The highest BCUT2D eigenvalue weighted by atomic mass is 32.2. The third-order valence-corrected chi connectivity index (χ3v) is 6.58. The number of nitrogens with one attached hydrogen (secondary N) is 1. The van der Waals surface area contributed by atoms with Crippen molar-refractivity contribution in [2.75, 3.05) is 18.9 Å². The lowest BCUT2D eigenvalue weighted by Crippen LogP contribution is -2.34. The van der Waals surface area contributed by atoms with Crippen molar-refractivity contribution in [1.29, 1.82) is 0 Å². The highest BCUT2D eigenvalue weighted by Gasteiger charge is 2.23. The molecule has 0 atom stereocenters. The molecule has 0 saturated heterocycles. The largest absolute Gasteiger partial charge is 0.324 e. The lowest BCUT2D eigenvalue weighted by molar-refractivity contribution is -0.116. The SMILES string of the molecule is CN(CC(=O)Nc1cnc2ccccc2c1)S(=O)(=O)c1cccs1. The fraction of sp³-hybridized carbons (Fsp3) is 0.125. The van der Waals surface area contributed by atoms with Gasteiger partial charge in [0.25, 0.3) is 10.0 Å². The van der Waals surface area contributed by atoms with Gasteiger partial charge in [-0.05, 0) is 23.6 Å². The summed E-state index contributed by atoms with van der Waals surface area (Å²) in [4.78, 5) is 16.4. The van der Waals surface area contributed by atoms with Gasteiger partial charge < -0.3 is 5.32 Å². The molecule has 0 radical (unpaired) electrons. The highest BCUT2D eigenvalue weighted by Crippen LogP contribution is 2.20. The number of thiophene rings is 1. The van der Waals surface area contributed by atoms with Crippen LogP contribution >= 0.6 is 11.3 Å². The van der Waals surface area contributed by atoms with E-state index in [0.717, 1.165) is 26.5 Å². The van der Waals surface area contributed by atoms with Gasteiger partial charge in [-0.2, -0.15) is 4.31 Å². The number of nitrogens with zero attached hydrogens (tertiary/aromatic N) is 2. The van der Waals surface area contributed by atoms with Crippen LogP contribution in [0.15, 0.2) is 58.3 Å². The molecule has 3 aromatic rings. The summed E-state index contributed by atoms with van der Waals surface area (Å²) in [6, 6.07) is 12.5. The van der Waals surface area contributed by atoms with Crippen LogP contribution in [0.5, 0.6) is 0 Å². The van der Waals surface area contributed by atoms with Crippen LogP contribution in [0.4, 0.5) is 5.69 Å². The van der Waals surface area contributed by atoms with E-state index in [9.17, 15) is 13.2 Å². The number of anilines is 1. The van der Waals surface area contributed by atoms with Gasteiger partial charge in [0.15, 0.2) is 0 Å². The van der Waals surface area contributed by atoms with Crippen LogP contribution in [-0.2, 0) is 14.8 Å². The van der Waals surface area contributed by atoms with Gasteiger partial charge in [0.1, 0.15) is 4.21 Å². The number of rotatable bonds is 5. The Morgan fingerprint density at radius 2 is 2.04 bits per heavy atom. The molecule has 24 heavy (non-hydrogen) atoms. The topological polar surface area (TPSA) is 79.4 Å². The zero-order valence-electron chi connectivity index (χ0n) is 12.8. The quantitative estimate of drug-likeness (QED) is 0.757. The molecule has 0 spiro atoms. The number of likely N-dealkylation sites (N-methyl/N-ethyl adjacent to an activating group) is 1. The summed E-state index contributed by atoms with van der Waals surface area (Å²) in [6.45, 7) is -0.271. The first-order valence-corrected chi connectivity index (χ1v) is 9.43. The summed E-state index contributed by atoms with van der Waals surface area (Å²) < 4.78 is 25.8. The molecule has 0 unspecified atom stereocenters. The van der Waals surface area contributed by atoms with E-state index >= 15 is 0 Å². The van der Waals surface area contributed by atoms with E-state index in [0.29, 0.717) is 5.69 Å². The first-order chi connectivity index (χ1) is 11.5. The van der Waals surface area contributed by atoms with Gasteiger partial charge in [-0.3, -0.25) is 9.78 Å². The van der Waals surface area contributed by atoms with Crippen molar-refractivity contribution in [3.63, 3.8) is 0 Å². The average molecular weight is 361 g/mol. The first kappa shape index (κ1) is 16.6. The standard InChI is InChI=1S/C16H15N3O3S2/c1-19(24(21,22)16-7-4-8-23-16)11-15(20)18-13-9-12-5-2-3-6-14(12)17-10-13/h2-10H,11H2,1H3,(H,18,20). The van der Waals surface area contributed by atoms with Gasteiger partial charge >= 0.3 is 0 Å². The Hall–Kier alpha value is -2.29. The molecule has 1 amide bonds. The van der Waals surface area contributed by atoms with Gasteiger partial charge in [-0.25, -0.2) is 8.42 Å². The highest BCUT2D eigenvalue weighted by molar-refractivity contribution is 7.91. The normalized spacial score (nSPS) is 11.8. The number of carbonyl (C=O) groups excluding carboxylic acids is 1. The number of hydrogen-bond donors (Lipinski definition) is 1. The Morgan fingerprint density at radius 3 is 2.79 bits per heavy atom. The molecule has 0 fully saturated rings. The summed E-state index contributed by atoms with van der Waals surface area (Å²) in [5.74, 6) is -0.422. The van der Waals surface area contributed by atoms with Gasteiger partial charge in [-0.1, -0.05) is 24.3 Å². The van der Waals surface area contributed by atoms with E-state index in [1.54, 1.807) is 23.7 Å². The van der Waals surface area contributed by atoms with Crippen molar-refractivity contribution in [1.82, 2.24) is 9.29 Å². The summed E-state index contributed by atoms with van der Waals surface area (Å²) in [5.41, 5.74) is 1.36. The van der Waals surface area contributed by atoms with E-state index < -0.39 is 15.9 Å². The second kappa shape index (κ2) is 6.68. The van der Waals surface area contributed by atoms with Crippen molar-refractivity contribution >= 4 is 43.9 Å². The zero-order chi connectivity index (χ0) is 17.2. The molecule has 124 valence electrons. The maximum atomic E-state index is 12.3. The van der Waals surface area contributed by atoms with Gasteiger partial charge in [-0.15, -0.1) is 11.3 Å². The molecule has 3 rings (SSSR count). The Kier molecular flexibility index (Phi) is 4.61. The lowest BCUT2D eigenvalue weighted by atomic mass is 10.2. The summed E-state index contributed by atoms with van der Waals surface area (Å²) in [5, 5.41) is 5.26. The molecule has 8 heteroatoms. The molecule has 0 aliphatic heterocycles. The first-order valence-electron chi connectivity index (χ1n) is 7.11. The van der Waals surface area contributed by atoms with E-state index in [1.165, 1.54) is 13.1 Å². The number of amides is 1. The minimum atomic E-state index is -3.64. The van der Waals surface area contributed by atoms with Crippen molar-refractivity contribution in [2.24, 2.45) is 0 Å². The maximum absolute atomic E-state index is 12.3. The van der Waals surface area contributed by atoms with Crippen LogP contribution in [0.3, 0.4) is 0 Å². The molecule has 1 N–H and O–H groups in total. The number of aromatic nitrogens is 1. The van der Waals surface area contributed by atoms with Gasteiger partial charge in [0.05, 0.1) is 23.9 Å². The van der Waals surface area contributed by atoms with Gasteiger partial charge in [0, 0.05) is 12.4 Å². The lowest BCUT2D eigenvalue weighted by Gasteiger charge is -2.15. The second-order valence-electron chi connectivity index (χ2n) is 5.16. The smallest absolute Gasteiger partial charge is 0.252 e. The predicted octanol–water partition coefficient (Wildman–Crippen LogP) is 2.56. The Morgan fingerprint density at radius 1 is 1.25 bits per heavy atom. The number of pyridine rings is 1. The van der Waals surface area contributed by atoms with Crippen LogP contribution in [0.2, 0.25) is 0 Å². The molecular weight excluding hydrogens is 346 g/mol. The average Bonchev–Trinajstić information content (AvgIpc) is 3.09. The van der Waals surface area contributed by atoms with E-state index in [1.807, 2.05) is 24.3 Å². The molecule has 0 bridgehead atoms. The molecule has 0 aliphatic rings. The second-order valence-corrected chi connectivity index (χ2v) is 8.38.